The first-order chi connectivity index (χ1) is 13.0. The maximum Gasteiger partial charge on any atom is 0.326 e. The quantitative estimate of drug-likeness (QED) is 0.759. The van der Waals surface area contributed by atoms with Crippen molar-refractivity contribution in [3.05, 3.63) is 51.2 Å². The molecule has 1 aromatic heterocycles. The van der Waals surface area contributed by atoms with Crippen LogP contribution in [-0.2, 0) is 11.2 Å². The molecule has 2 aromatic rings. The highest BCUT2D eigenvalue weighted by molar-refractivity contribution is 7.10. The highest BCUT2D eigenvalue weighted by Gasteiger charge is 2.43. The molecule has 3 N–H and O–H groups in total. The minimum Gasteiger partial charge on any atom is -0.320 e. The van der Waals surface area contributed by atoms with E-state index in [1.165, 1.54) is 28.2 Å². The average molecular weight is 385 g/mol. The molecule has 1 unspecified atom stereocenters. The summed E-state index contributed by atoms with van der Waals surface area (Å²) in [7, 11) is 0. The fraction of sp³-hybridized carbons (Fsp3) is 0.429. The van der Waals surface area contributed by atoms with Crippen LogP contribution in [0.15, 0.2) is 29.6 Å². The van der Waals surface area contributed by atoms with Crippen LogP contribution in [0, 0.1) is 19.8 Å². The Morgan fingerprint density at radius 2 is 2.04 bits per heavy atom. The lowest BCUT2D eigenvalue weighted by Gasteiger charge is -2.32. The number of thiophene rings is 1. The average Bonchev–Trinajstić information content (AvgIpc) is 3.33. The predicted molar refractivity (Wildman–Crippen MR) is 107 cm³/mol. The van der Waals surface area contributed by atoms with Crippen LogP contribution in [0.3, 0.4) is 0 Å². The van der Waals surface area contributed by atoms with E-state index in [1.54, 1.807) is 0 Å². The Hall–Kier alpha value is -2.18. The van der Waals surface area contributed by atoms with Gasteiger partial charge in [0.15, 0.2) is 6.54 Å². The number of hydrogen-bond acceptors (Lipinski definition) is 3. The highest BCUT2D eigenvalue weighted by atomic mass is 32.1. The van der Waals surface area contributed by atoms with Gasteiger partial charge in [0.1, 0.15) is 6.04 Å². The molecule has 5 nitrogen and oxygen atoms in total. The van der Waals surface area contributed by atoms with Crippen molar-refractivity contribution in [3.63, 3.8) is 0 Å². The van der Waals surface area contributed by atoms with Gasteiger partial charge in [0.05, 0.1) is 6.54 Å². The van der Waals surface area contributed by atoms with E-state index in [1.807, 2.05) is 43.4 Å². The highest BCUT2D eigenvalue weighted by Crippen LogP contribution is 2.42. The van der Waals surface area contributed by atoms with Gasteiger partial charge in [-0.15, -0.1) is 11.3 Å². The van der Waals surface area contributed by atoms with E-state index >= 15 is 0 Å². The molecule has 2 heterocycles. The second kappa shape index (κ2) is 7.44. The molecule has 1 fully saturated rings. The number of benzene rings is 1. The van der Waals surface area contributed by atoms with Gasteiger partial charge in [0.25, 0.3) is 5.91 Å². The third-order valence-corrected chi connectivity index (χ3v) is 6.59. The van der Waals surface area contributed by atoms with Crippen molar-refractivity contribution < 1.29 is 14.5 Å². The summed E-state index contributed by atoms with van der Waals surface area (Å²) in [5.41, 5.74) is 4.28. The van der Waals surface area contributed by atoms with Crippen molar-refractivity contribution in [1.29, 1.82) is 0 Å². The molecule has 2 aliphatic rings. The fourth-order valence-electron chi connectivity index (χ4n) is 4.18. The van der Waals surface area contributed by atoms with Gasteiger partial charge >= 0.3 is 6.03 Å². The molecule has 1 aromatic carbocycles. The van der Waals surface area contributed by atoms with Gasteiger partial charge in [-0.1, -0.05) is 17.7 Å². The largest absolute Gasteiger partial charge is 0.326 e. The summed E-state index contributed by atoms with van der Waals surface area (Å²) >= 11 is 1.83. The van der Waals surface area contributed by atoms with E-state index in [4.69, 9.17) is 0 Å². The summed E-state index contributed by atoms with van der Waals surface area (Å²) in [4.78, 5) is 27.5. The number of fused-ring (bicyclic) bond motifs is 1. The number of carbonyl (C=O) groups is 2. The van der Waals surface area contributed by atoms with E-state index in [9.17, 15) is 9.59 Å². The van der Waals surface area contributed by atoms with E-state index in [-0.39, 0.29) is 5.91 Å². The maximum atomic E-state index is 12.5. The first-order valence-corrected chi connectivity index (χ1v) is 10.5. The number of amides is 3. The van der Waals surface area contributed by atoms with Crippen LogP contribution >= 0.6 is 11.3 Å². The molecule has 1 saturated carbocycles. The van der Waals surface area contributed by atoms with Crippen LogP contribution in [0.4, 0.5) is 10.5 Å². The van der Waals surface area contributed by atoms with Gasteiger partial charge in [-0.25, -0.2) is 4.79 Å². The van der Waals surface area contributed by atoms with Crippen molar-refractivity contribution in [1.82, 2.24) is 5.32 Å². The van der Waals surface area contributed by atoms with Gasteiger partial charge in [-0.3, -0.25) is 10.1 Å². The molecule has 0 saturated heterocycles. The van der Waals surface area contributed by atoms with Crippen LogP contribution in [0.1, 0.15) is 40.5 Å². The Morgan fingerprint density at radius 1 is 1.22 bits per heavy atom. The van der Waals surface area contributed by atoms with Gasteiger partial charge in [0, 0.05) is 28.5 Å². The fourth-order valence-corrected chi connectivity index (χ4v) is 5.11. The molecule has 6 heteroatoms. The minimum absolute atomic E-state index is 0.211. The zero-order valence-electron chi connectivity index (χ0n) is 15.8. The second-order valence-electron chi connectivity index (χ2n) is 7.77. The third kappa shape index (κ3) is 4.06. The zero-order chi connectivity index (χ0) is 19.0. The molecular formula is C21H26N3O2S+. The number of imide groups is 1. The molecule has 4 rings (SSSR count). The summed E-state index contributed by atoms with van der Waals surface area (Å²) in [5, 5.41) is 7.46. The van der Waals surface area contributed by atoms with Gasteiger partial charge < -0.3 is 10.2 Å². The van der Waals surface area contributed by atoms with Crippen LogP contribution in [0.25, 0.3) is 0 Å². The van der Waals surface area contributed by atoms with Gasteiger partial charge in [-0.2, -0.15) is 0 Å². The number of hydrogen-bond donors (Lipinski definition) is 3. The summed E-state index contributed by atoms with van der Waals surface area (Å²) in [6, 6.07) is 8.00. The Bertz CT molecular complexity index is 872. The molecule has 2 atom stereocenters. The van der Waals surface area contributed by atoms with Crippen LogP contribution in [-0.4, -0.2) is 25.0 Å². The van der Waals surface area contributed by atoms with Crippen molar-refractivity contribution in [3.8, 4) is 0 Å². The number of anilines is 1. The van der Waals surface area contributed by atoms with Gasteiger partial charge in [0.2, 0.25) is 0 Å². The predicted octanol–water partition coefficient (Wildman–Crippen LogP) is 2.61. The Labute approximate surface area is 163 Å². The van der Waals surface area contributed by atoms with E-state index in [2.05, 4.69) is 22.1 Å². The van der Waals surface area contributed by atoms with Crippen molar-refractivity contribution in [2.75, 3.05) is 18.4 Å². The van der Waals surface area contributed by atoms with Crippen LogP contribution in [0.2, 0.25) is 0 Å². The molecular weight excluding hydrogens is 358 g/mol. The first kappa shape index (κ1) is 18.2. The summed E-state index contributed by atoms with van der Waals surface area (Å²) in [6.45, 7) is 5.26. The number of quaternary nitrogens is 1. The summed E-state index contributed by atoms with van der Waals surface area (Å²) < 4.78 is 0. The monoisotopic (exact) mass is 384 g/mol. The number of carbonyl (C=O) groups excluding carboxylic acids is 2. The number of nitrogens with one attached hydrogen (secondary N) is 3. The van der Waals surface area contributed by atoms with Crippen molar-refractivity contribution in [2.45, 2.75) is 39.2 Å². The SMILES string of the molecule is Cc1ccc(NC(=O)NC(=O)C[NH+]2CCc3sccc3[C@@H]2C2CC2)c(C)c1. The molecule has 3 amide bonds. The smallest absolute Gasteiger partial charge is 0.320 e. The lowest BCUT2D eigenvalue weighted by molar-refractivity contribution is -0.928. The first-order valence-electron chi connectivity index (χ1n) is 9.60. The summed E-state index contributed by atoms with van der Waals surface area (Å²) in [6.07, 6.45) is 3.52. The normalized spacial score (nSPS) is 21.4. The van der Waals surface area contributed by atoms with Crippen LogP contribution < -0.4 is 15.5 Å². The molecule has 1 aliphatic heterocycles. The maximum absolute atomic E-state index is 12.5. The second-order valence-corrected chi connectivity index (χ2v) is 8.77. The van der Waals surface area contributed by atoms with Gasteiger partial charge in [-0.05, 0) is 49.8 Å². The molecule has 27 heavy (non-hydrogen) atoms. The molecule has 1 aliphatic carbocycles. The van der Waals surface area contributed by atoms with E-state index in [0.29, 0.717) is 18.5 Å². The minimum atomic E-state index is -0.456. The van der Waals surface area contributed by atoms with Crippen molar-refractivity contribution in [2.24, 2.45) is 5.92 Å². The standard InChI is InChI=1S/C21H25N3O2S/c1-13-3-6-17(14(2)11-13)22-21(26)23-19(25)12-24-9-7-18-16(8-10-27-18)20(24)15-4-5-15/h3,6,8,10-11,15,20H,4-5,7,9,12H2,1-2H3,(H2,22,23,25,26)/p+1/t20-/m0/s1. The molecule has 0 bridgehead atoms. The number of rotatable bonds is 4. The molecule has 0 spiro atoms. The van der Waals surface area contributed by atoms with Crippen LogP contribution in [0.5, 0.6) is 0 Å². The zero-order valence-corrected chi connectivity index (χ0v) is 16.6. The lowest BCUT2D eigenvalue weighted by atomic mass is 9.96. The Morgan fingerprint density at radius 3 is 2.78 bits per heavy atom. The molecule has 142 valence electrons. The molecule has 0 radical (unpaired) electrons. The number of aryl methyl sites for hydroxylation is 2. The third-order valence-electron chi connectivity index (χ3n) is 5.59. The Balaban J connectivity index is 1.37. The van der Waals surface area contributed by atoms with E-state index in [0.717, 1.165) is 29.8 Å². The summed E-state index contributed by atoms with van der Waals surface area (Å²) in [5.74, 6) is 0.474. The lowest BCUT2D eigenvalue weighted by Crippen LogP contribution is -3.14. The van der Waals surface area contributed by atoms with Crippen molar-refractivity contribution >= 4 is 29.0 Å². The number of urea groups is 1. The van der Waals surface area contributed by atoms with E-state index < -0.39 is 6.03 Å². The topological polar surface area (TPSA) is 62.6 Å². The Kier molecular flexibility index (Phi) is 5.02.